The van der Waals surface area contributed by atoms with E-state index in [9.17, 15) is 0 Å². The molecular weight excluding hydrogens is 328 g/mol. The minimum Gasteiger partial charge on any atom is -0.487 e. The topological polar surface area (TPSA) is 33.3 Å². The molecule has 3 rings (SSSR count). The molecule has 4 heteroatoms. The zero-order valence-corrected chi connectivity index (χ0v) is 16.4. The Balaban J connectivity index is 1.80. The normalized spacial score (nSPS) is 18.0. The Morgan fingerprint density at radius 3 is 2.48 bits per heavy atom. The predicted octanol–water partition coefficient (Wildman–Crippen LogP) is 5.20. The summed E-state index contributed by atoms with van der Waals surface area (Å²) in [6.07, 6.45) is 0.859. The number of nitrogens with one attached hydrogen (secondary N) is 2. The van der Waals surface area contributed by atoms with E-state index in [1.807, 2.05) is 0 Å². The molecule has 0 fully saturated rings. The van der Waals surface area contributed by atoms with Crippen LogP contribution in [0.5, 0.6) is 5.75 Å². The molecule has 0 unspecified atom stereocenters. The molecule has 2 N–H and O–H groups in total. The lowest BCUT2D eigenvalue weighted by atomic mass is 9.89. The lowest BCUT2D eigenvalue weighted by molar-refractivity contribution is 0.0696. The van der Waals surface area contributed by atoms with Crippen LogP contribution in [0.15, 0.2) is 36.4 Å². The number of hydrogen-bond acceptors (Lipinski definition) is 2. The molecule has 1 aliphatic rings. The van der Waals surface area contributed by atoms with Gasteiger partial charge >= 0.3 is 0 Å². The Bertz CT molecular complexity index is 814. The lowest BCUT2D eigenvalue weighted by Crippen LogP contribution is -2.42. The first-order chi connectivity index (χ1) is 11.7. The van der Waals surface area contributed by atoms with Crippen LogP contribution >= 0.6 is 12.2 Å². The van der Waals surface area contributed by atoms with E-state index in [0.717, 1.165) is 17.9 Å². The maximum atomic E-state index is 6.13. The van der Waals surface area contributed by atoms with Gasteiger partial charge in [0.2, 0.25) is 0 Å². The summed E-state index contributed by atoms with van der Waals surface area (Å²) in [7, 11) is 0. The molecule has 0 spiro atoms. The van der Waals surface area contributed by atoms with Crippen LogP contribution in [0.4, 0.5) is 5.69 Å². The van der Waals surface area contributed by atoms with Gasteiger partial charge in [-0.1, -0.05) is 35.4 Å². The average molecular weight is 355 g/mol. The summed E-state index contributed by atoms with van der Waals surface area (Å²) in [4.78, 5) is 0. The first-order valence-electron chi connectivity index (χ1n) is 8.68. The van der Waals surface area contributed by atoms with E-state index in [1.165, 1.54) is 22.3 Å². The van der Waals surface area contributed by atoms with Crippen LogP contribution in [0.2, 0.25) is 0 Å². The van der Waals surface area contributed by atoms with Gasteiger partial charge in [-0.25, -0.2) is 0 Å². The molecule has 0 saturated carbocycles. The summed E-state index contributed by atoms with van der Waals surface area (Å²) in [6.45, 7) is 10.5. The maximum Gasteiger partial charge on any atom is 0.171 e. The Morgan fingerprint density at radius 1 is 1.08 bits per heavy atom. The smallest absolute Gasteiger partial charge is 0.171 e. The minimum absolute atomic E-state index is 0.129. The molecule has 2 aromatic carbocycles. The highest BCUT2D eigenvalue weighted by Gasteiger charge is 2.34. The van der Waals surface area contributed by atoms with E-state index < -0.39 is 0 Å². The predicted molar refractivity (Wildman–Crippen MR) is 109 cm³/mol. The summed E-state index contributed by atoms with van der Waals surface area (Å²) in [5.41, 5.74) is 5.64. The Hall–Kier alpha value is -2.07. The molecule has 2 aromatic rings. The summed E-state index contributed by atoms with van der Waals surface area (Å²) in [5.74, 6) is 0.939. The van der Waals surface area contributed by atoms with Crippen LogP contribution in [0.3, 0.4) is 0 Å². The molecule has 3 nitrogen and oxygen atoms in total. The standard InChI is InChI=1S/C21H26N2OS/c1-13-6-8-17(15(3)10-13)22-20(25)23-18-12-21(4,5)24-19-9-7-14(2)11-16(18)19/h6-11,18H,12H2,1-5H3,(H2,22,23,25)/t18-/m0/s1. The van der Waals surface area contributed by atoms with Crippen LogP contribution in [-0.4, -0.2) is 10.7 Å². The van der Waals surface area contributed by atoms with Crippen LogP contribution in [0, 0.1) is 20.8 Å². The minimum atomic E-state index is -0.227. The van der Waals surface area contributed by atoms with Crippen molar-refractivity contribution < 1.29 is 4.74 Å². The van der Waals surface area contributed by atoms with Crippen molar-refractivity contribution in [2.24, 2.45) is 0 Å². The van der Waals surface area contributed by atoms with Crippen LogP contribution in [-0.2, 0) is 0 Å². The van der Waals surface area contributed by atoms with Crippen LogP contribution in [0.1, 0.15) is 48.6 Å². The molecule has 1 heterocycles. The van der Waals surface area contributed by atoms with E-state index >= 15 is 0 Å². The number of thiocarbonyl (C=S) groups is 1. The number of fused-ring (bicyclic) bond motifs is 1. The molecule has 0 bridgehead atoms. The van der Waals surface area contributed by atoms with Crippen molar-refractivity contribution >= 4 is 23.0 Å². The highest BCUT2D eigenvalue weighted by atomic mass is 32.1. The molecule has 1 atom stereocenters. The summed E-state index contributed by atoms with van der Waals surface area (Å²) in [5, 5.41) is 7.47. The zero-order chi connectivity index (χ0) is 18.2. The number of aryl methyl sites for hydroxylation is 3. The summed E-state index contributed by atoms with van der Waals surface area (Å²) < 4.78 is 6.13. The van der Waals surface area contributed by atoms with Gasteiger partial charge in [0.25, 0.3) is 0 Å². The fraction of sp³-hybridized carbons (Fsp3) is 0.381. The van der Waals surface area contributed by atoms with Crippen LogP contribution in [0.25, 0.3) is 0 Å². The van der Waals surface area contributed by atoms with E-state index in [1.54, 1.807) is 0 Å². The molecule has 0 aromatic heterocycles. The number of anilines is 1. The fourth-order valence-electron chi connectivity index (χ4n) is 3.37. The lowest BCUT2D eigenvalue weighted by Gasteiger charge is -2.38. The number of ether oxygens (including phenoxy) is 1. The third-order valence-corrected chi connectivity index (χ3v) is 4.78. The molecule has 0 aliphatic carbocycles. The van der Waals surface area contributed by atoms with Crippen molar-refractivity contribution in [3.63, 3.8) is 0 Å². The molecule has 0 amide bonds. The van der Waals surface area contributed by atoms with Gasteiger partial charge in [0.05, 0.1) is 6.04 Å². The second-order valence-electron chi connectivity index (χ2n) is 7.58. The Morgan fingerprint density at radius 2 is 1.76 bits per heavy atom. The van der Waals surface area contributed by atoms with Crippen molar-refractivity contribution in [3.05, 3.63) is 58.7 Å². The van der Waals surface area contributed by atoms with Gasteiger partial charge in [0.15, 0.2) is 5.11 Å². The monoisotopic (exact) mass is 354 g/mol. The second-order valence-corrected chi connectivity index (χ2v) is 7.98. The van der Waals surface area contributed by atoms with Gasteiger partial charge in [-0.3, -0.25) is 0 Å². The zero-order valence-electron chi connectivity index (χ0n) is 15.6. The third kappa shape index (κ3) is 4.13. The summed E-state index contributed by atoms with van der Waals surface area (Å²) in [6, 6.07) is 12.8. The van der Waals surface area contributed by atoms with Crippen molar-refractivity contribution in [1.82, 2.24) is 5.32 Å². The van der Waals surface area contributed by atoms with E-state index in [4.69, 9.17) is 17.0 Å². The maximum absolute atomic E-state index is 6.13. The first-order valence-corrected chi connectivity index (χ1v) is 9.09. The second kappa shape index (κ2) is 6.68. The van der Waals surface area contributed by atoms with Crippen molar-refractivity contribution in [2.45, 2.75) is 52.7 Å². The molecule has 0 saturated heterocycles. The largest absolute Gasteiger partial charge is 0.487 e. The quantitative estimate of drug-likeness (QED) is 0.726. The SMILES string of the molecule is Cc1ccc(NC(=S)N[C@H]2CC(C)(C)Oc3ccc(C)cc32)c(C)c1. The van der Waals surface area contributed by atoms with Crippen molar-refractivity contribution in [1.29, 1.82) is 0 Å². The molecule has 25 heavy (non-hydrogen) atoms. The number of benzene rings is 2. The summed E-state index contributed by atoms with van der Waals surface area (Å²) >= 11 is 5.58. The van der Waals surface area contributed by atoms with Gasteiger partial charge in [-0.15, -0.1) is 0 Å². The van der Waals surface area contributed by atoms with Crippen molar-refractivity contribution in [3.8, 4) is 5.75 Å². The molecule has 1 aliphatic heterocycles. The van der Waals surface area contributed by atoms with Gasteiger partial charge in [0.1, 0.15) is 11.4 Å². The Kier molecular flexibility index (Phi) is 4.74. The van der Waals surface area contributed by atoms with E-state index in [-0.39, 0.29) is 11.6 Å². The first kappa shape index (κ1) is 17.7. The van der Waals surface area contributed by atoms with Gasteiger partial charge < -0.3 is 15.4 Å². The number of rotatable bonds is 2. The fourth-order valence-corrected chi connectivity index (χ4v) is 3.63. The Labute approximate surface area is 155 Å². The van der Waals surface area contributed by atoms with Gasteiger partial charge in [-0.2, -0.15) is 0 Å². The molecule has 0 radical (unpaired) electrons. The number of hydrogen-bond donors (Lipinski definition) is 2. The van der Waals surface area contributed by atoms with Gasteiger partial charge in [0, 0.05) is 17.7 Å². The van der Waals surface area contributed by atoms with E-state index in [0.29, 0.717) is 5.11 Å². The van der Waals surface area contributed by atoms with Crippen LogP contribution < -0.4 is 15.4 Å². The van der Waals surface area contributed by atoms with E-state index in [2.05, 4.69) is 81.7 Å². The third-order valence-electron chi connectivity index (χ3n) is 4.56. The molecule has 132 valence electrons. The molecular formula is C21H26N2OS. The average Bonchev–Trinajstić information content (AvgIpc) is 2.50. The van der Waals surface area contributed by atoms with Crippen molar-refractivity contribution in [2.75, 3.05) is 5.32 Å². The highest BCUT2D eigenvalue weighted by molar-refractivity contribution is 7.80. The van der Waals surface area contributed by atoms with Gasteiger partial charge in [-0.05, 0) is 64.5 Å². The highest BCUT2D eigenvalue weighted by Crippen LogP contribution is 2.39.